The first-order valence-electron chi connectivity index (χ1n) is 6.96. The fourth-order valence-electron chi connectivity index (χ4n) is 2.45. The van der Waals surface area contributed by atoms with Crippen LogP contribution in [-0.4, -0.2) is 23.7 Å². The van der Waals surface area contributed by atoms with Crippen molar-refractivity contribution in [2.45, 2.75) is 38.1 Å². The highest BCUT2D eigenvalue weighted by Crippen LogP contribution is 2.18. The van der Waals surface area contributed by atoms with Crippen molar-refractivity contribution in [3.63, 3.8) is 0 Å². The van der Waals surface area contributed by atoms with Crippen LogP contribution in [0.1, 0.15) is 42.5 Å². The molecule has 2 rings (SSSR count). The number of carbonyl (C=O) groups is 2. The highest BCUT2D eigenvalue weighted by atomic mass is 35.5. The maximum atomic E-state index is 12.2. The zero-order valence-corrected chi connectivity index (χ0v) is 12.1. The van der Waals surface area contributed by atoms with E-state index >= 15 is 0 Å². The summed E-state index contributed by atoms with van der Waals surface area (Å²) in [6, 6.07) is 7.18. The maximum absolute atomic E-state index is 12.2. The van der Waals surface area contributed by atoms with Crippen molar-refractivity contribution < 1.29 is 9.59 Å². The van der Waals surface area contributed by atoms with Gasteiger partial charge in [-0.05, 0) is 31.0 Å². The van der Waals surface area contributed by atoms with E-state index in [9.17, 15) is 9.59 Å². The number of halogens is 1. The van der Waals surface area contributed by atoms with E-state index in [1.165, 1.54) is 19.3 Å². The molecule has 1 aromatic rings. The van der Waals surface area contributed by atoms with Gasteiger partial charge >= 0.3 is 0 Å². The molecule has 0 atom stereocenters. The Morgan fingerprint density at radius 3 is 2.65 bits per heavy atom. The molecule has 0 unspecified atom stereocenters. The lowest BCUT2D eigenvalue weighted by Gasteiger charge is -2.22. The second-order valence-electron chi connectivity index (χ2n) is 5.07. The van der Waals surface area contributed by atoms with E-state index in [1.54, 1.807) is 24.3 Å². The number of nitrogens with one attached hydrogen (secondary N) is 2. The van der Waals surface area contributed by atoms with E-state index in [1.807, 2.05) is 0 Å². The lowest BCUT2D eigenvalue weighted by atomic mass is 9.95. The Balaban J connectivity index is 1.98. The Morgan fingerprint density at radius 1 is 1.20 bits per heavy atom. The van der Waals surface area contributed by atoms with Gasteiger partial charge in [0.05, 0.1) is 0 Å². The predicted octanol–water partition coefficient (Wildman–Crippen LogP) is 2.93. The summed E-state index contributed by atoms with van der Waals surface area (Å²) in [4.78, 5) is 23.4. The first kappa shape index (κ1) is 14.9. The number of alkyl halides is 1. The average Bonchev–Trinajstić information content (AvgIpc) is 2.48. The Labute approximate surface area is 123 Å². The Morgan fingerprint density at radius 2 is 1.95 bits per heavy atom. The van der Waals surface area contributed by atoms with Crippen molar-refractivity contribution in [2.24, 2.45) is 0 Å². The molecule has 1 saturated carbocycles. The first-order chi connectivity index (χ1) is 9.69. The summed E-state index contributed by atoms with van der Waals surface area (Å²) >= 11 is 5.44. The molecule has 108 valence electrons. The summed E-state index contributed by atoms with van der Waals surface area (Å²) < 4.78 is 0. The summed E-state index contributed by atoms with van der Waals surface area (Å²) in [5.74, 6) is -0.464. The summed E-state index contributed by atoms with van der Waals surface area (Å²) in [6.07, 6.45) is 5.71. The Kier molecular flexibility index (Phi) is 5.41. The second-order valence-corrected chi connectivity index (χ2v) is 5.34. The van der Waals surface area contributed by atoms with Crippen molar-refractivity contribution in [1.29, 1.82) is 0 Å². The van der Waals surface area contributed by atoms with Crippen LogP contribution in [-0.2, 0) is 4.79 Å². The number of amides is 2. The standard InChI is InChI=1S/C15H19ClN2O2/c16-10-14(19)17-13-8-4-5-11(9-13)15(20)18-12-6-2-1-3-7-12/h4-5,8-9,12H,1-3,6-7,10H2,(H,17,19)(H,18,20). The van der Waals surface area contributed by atoms with Gasteiger partial charge in [0.15, 0.2) is 0 Å². The van der Waals surface area contributed by atoms with Crippen LogP contribution < -0.4 is 10.6 Å². The van der Waals surface area contributed by atoms with Crippen molar-refractivity contribution >= 4 is 29.1 Å². The van der Waals surface area contributed by atoms with Crippen LogP contribution in [0.25, 0.3) is 0 Å². The Hall–Kier alpha value is -1.55. The fourth-order valence-corrected chi connectivity index (χ4v) is 2.52. The zero-order valence-electron chi connectivity index (χ0n) is 11.3. The van der Waals surface area contributed by atoms with Crippen molar-refractivity contribution in [1.82, 2.24) is 5.32 Å². The van der Waals surface area contributed by atoms with E-state index in [-0.39, 0.29) is 23.7 Å². The van der Waals surface area contributed by atoms with Gasteiger partial charge in [0.25, 0.3) is 5.91 Å². The van der Waals surface area contributed by atoms with Gasteiger partial charge in [0, 0.05) is 17.3 Å². The highest BCUT2D eigenvalue weighted by molar-refractivity contribution is 6.29. The normalized spacial score (nSPS) is 15.7. The second kappa shape index (κ2) is 7.29. The predicted molar refractivity (Wildman–Crippen MR) is 80.1 cm³/mol. The smallest absolute Gasteiger partial charge is 0.251 e. The molecule has 0 radical (unpaired) electrons. The summed E-state index contributed by atoms with van der Waals surface area (Å²) in [6.45, 7) is 0. The van der Waals surface area contributed by atoms with Gasteiger partial charge in [-0.15, -0.1) is 11.6 Å². The van der Waals surface area contributed by atoms with Crippen molar-refractivity contribution in [2.75, 3.05) is 11.2 Å². The minimum absolute atomic E-state index is 0.0844. The molecule has 1 aromatic carbocycles. The van der Waals surface area contributed by atoms with E-state index in [2.05, 4.69) is 10.6 Å². The molecule has 0 heterocycles. The summed E-state index contributed by atoms with van der Waals surface area (Å²) in [5.41, 5.74) is 1.15. The molecule has 0 aromatic heterocycles. The van der Waals surface area contributed by atoms with Crippen LogP contribution in [0.15, 0.2) is 24.3 Å². The topological polar surface area (TPSA) is 58.2 Å². The number of benzene rings is 1. The fraction of sp³-hybridized carbons (Fsp3) is 0.467. The van der Waals surface area contributed by atoms with Crippen LogP contribution in [0.4, 0.5) is 5.69 Å². The van der Waals surface area contributed by atoms with Gasteiger partial charge in [-0.3, -0.25) is 9.59 Å². The van der Waals surface area contributed by atoms with Gasteiger partial charge in [-0.2, -0.15) is 0 Å². The monoisotopic (exact) mass is 294 g/mol. The van der Waals surface area contributed by atoms with E-state index in [0.717, 1.165) is 12.8 Å². The molecule has 1 aliphatic rings. The van der Waals surface area contributed by atoms with E-state index in [4.69, 9.17) is 11.6 Å². The largest absolute Gasteiger partial charge is 0.349 e. The van der Waals surface area contributed by atoms with Crippen LogP contribution in [0.5, 0.6) is 0 Å². The van der Waals surface area contributed by atoms with Crippen LogP contribution in [0.3, 0.4) is 0 Å². The molecule has 1 fully saturated rings. The van der Waals surface area contributed by atoms with Gasteiger partial charge in [-0.1, -0.05) is 25.3 Å². The highest BCUT2D eigenvalue weighted by Gasteiger charge is 2.16. The van der Waals surface area contributed by atoms with Gasteiger partial charge in [-0.25, -0.2) is 0 Å². The Bertz CT molecular complexity index is 485. The molecule has 2 N–H and O–H groups in total. The molecule has 0 saturated heterocycles. The van der Waals surface area contributed by atoms with Crippen molar-refractivity contribution in [3.8, 4) is 0 Å². The number of hydrogen-bond acceptors (Lipinski definition) is 2. The van der Waals surface area contributed by atoms with Crippen molar-refractivity contribution in [3.05, 3.63) is 29.8 Å². The molecule has 0 aliphatic heterocycles. The minimum Gasteiger partial charge on any atom is -0.349 e. The summed E-state index contributed by atoms with van der Waals surface area (Å²) in [5, 5.41) is 5.69. The molecule has 0 spiro atoms. The average molecular weight is 295 g/mol. The lowest BCUT2D eigenvalue weighted by molar-refractivity contribution is -0.113. The third-order valence-corrected chi connectivity index (χ3v) is 3.71. The third kappa shape index (κ3) is 4.23. The molecular weight excluding hydrogens is 276 g/mol. The molecule has 0 bridgehead atoms. The zero-order chi connectivity index (χ0) is 14.4. The van der Waals surface area contributed by atoms with E-state index < -0.39 is 0 Å². The molecule has 2 amide bonds. The molecular formula is C15H19ClN2O2. The SMILES string of the molecule is O=C(CCl)Nc1cccc(C(=O)NC2CCCCC2)c1. The van der Waals surface area contributed by atoms with Crippen LogP contribution in [0, 0.1) is 0 Å². The molecule has 20 heavy (non-hydrogen) atoms. The number of hydrogen-bond donors (Lipinski definition) is 2. The lowest BCUT2D eigenvalue weighted by Crippen LogP contribution is -2.36. The number of carbonyl (C=O) groups excluding carboxylic acids is 2. The van der Waals surface area contributed by atoms with Gasteiger partial charge < -0.3 is 10.6 Å². The first-order valence-corrected chi connectivity index (χ1v) is 7.49. The maximum Gasteiger partial charge on any atom is 0.251 e. The molecule has 5 heteroatoms. The molecule has 4 nitrogen and oxygen atoms in total. The van der Waals surface area contributed by atoms with Crippen LogP contribution >= 0.6 is 11.6 Å². The minimum atomic E-state index is -0.281. The number of rotatable bonds is 4. The van der Waals surface area contributed by atoms with E-state index in [0.29, 0.717) is 11.3 Å². The van der Waals surface area contributed by atoms with Gasteiger partial charge in [0.2, 0.25) is 5.91 Å². The third-order valence-electron chi connectivity index (χ3n) is 3.47. The summed E-state index contributed by atoms with van der Waals surface area (Å²) in [7, 11) is 0. The molecule has 1 aliphatic carbocycles. The van der Waals surface area contributed by atoms with Gasteiger partial charge in [0.1, 0.15) is 5.88 Å². The quantitative estimate of drug-likeness (QED) is 0.839. The number of anilines is 1. The van der Waals surface area contributed by atoms with Crippen LogP contribution in [0.2, 0.25) is 0 Å².